The molecule has 0 aliphatic carbocycles. The average molecular weight is 888 g/mol. The van der Waals surface area contributed by atoms with Crippen LogP contribution in [0.2, 0.25) is 0 Å². The fourth-order valence-electron chi connectivity index (χ4n) is 6.95. The summed E-state index contributed by atoms with van der Waals surface area (Å²) in [5.41, 5.74) is 4.38. The van der Waals surface area contributed by atoms with E-state index in [1.807, 2.05) is 0 Å². The van der Waals surface area contributed by atoms with Crippen LogP contribution in [0, 0.1) is 0 Å². The summed E-state index contributed by atoms with van der Waals surface area (Å²) >= 11 is 0. The summed E-state index contributed by atoms with van der Waals surface area (Å²) in [6.45, 7) is 8.73. The molecule has 0 heterocycles. The molecular formula is C44H62BaO6S2. The van der Waals surface area contributed by atoms with Gasteiger partial charge in [-0.1, -0.05) is 141 Å². The van der Waals surface area contributed by atoms with Crippen molar-refractivity contribution in [3.8, 4) is 0 Å². The third kappa shape index (κ3) is 16.8. The maximum absolute atomic E-state index is 11.6. The van der Waals surface area contributed by atoms with Crippen molar-refractivity contribution in [1.82, 2.24) is 0 Å². The first-order chi connectivity index (χ1) is 24.9. The van der Waals surface area contributed by atoms with Crippen LogP contribution >= 0.6 is 0 Å². The SMILES string of the molecule is CCCCCCc1ccc2c(CCCCCC)cc(S(=O)(=O)[O-])cc2c1.CCCCCCc1ccc2c(CCCCCC)cc(S(=O)(=O)[O-])cc2c1.[Ba+2]. The predicted molar refractivity (Wildman–Crippen MR) is 221 cm³/mol. The molecule has 0 spiro atoms. The molecule has 0 saturated heterocycles. The summed E-state index contributed by atoms with van der Waals surface area (Å²) < 4.78 is 69.5. The van der Waals surface area contributed by atoms with E-state index in [-0.39, 0.29) is 58.7 Å². The van der Waals surface area contributed by atoms with Crippen LogP contribution in [0.1, 0.15) is 153 Å². The minimum atomic E-state index is -4.44. The van der Waals surface area contributed by atoms with Gasteiger partial charge in [0.2, 0.25) is 0 Å². The second kappa shape index (κ2) is 25.1. The molecule has 288 valence electrons. The zero-order chi connectivity index (χ0) is 38.0. The van der Waals surface area contributed by atoms with Crippen LogP contribution in [0.5, 0.6) is 0 Å². The van der Waals surface area contributed by atoms with E-state index in [9.17, 15) is 25.9 Å². The number of fused-ring (bicyclic) bond motifs is 2. The van der Waals surface area contributed by atoms with Gasteiger partial charge in [0, 0.05) is 0 Å². The monoisotopic (exact) mass is 888 g/mol. The molecule has 0 unspecified atom stereocenters. The topological polar surface area (TPSA) is 114 Å². The van der Waals surface area contributed by atoms with E-state index in [1.54, 1.807) is 24.3 Å². The van der Waals surface area contributed by atoms with Gasteiger partial charge in [-0.25, -0.2) is 16.8 Å². The van der Waals surface area contributed by atoms with E-state index in [0.717, 1.165) is 110 Å². The summed E-state index contributed by atoms with van der Waals surface area (Å²) in [5.74, 6) is 0. The minimum absolute atomic E-state index is 0. The molecule has 6 nitrogen and oxygen atoms in total. The second-order valence-electron chi connectivity index (χ2n) is 14.4. The molecule has 0 aliphatic heterocycles. The van der Waals surface area contributed by atoms with Crippen molar-refractivity contribution in [2.75, 3.05) is 0 Å². The van der Waals surface area contributed by atoms with Crippen LogP contribution in [0.15, 0.2) is 70.5 Å². The van der Waals surface area contributed by atoms with Gasteiger partial charge in [0.25, 0.3) is 0 Å². The standard InChI is InChI=1S/2C22H32O3S.Ba/c2*1-3-5-7-9-11-18-13-14-22-19(12-10-8-6-4-2)16-21(26(23,24)25)17-20(22)15-18;/h2*13-17H,3-12H2,1-2H3,(H,23,24,25);/q;;+2/p-2. The number of unbranched alkanes of at least 4 members (excludes halogenated alkanes) is 12. The number of aryl methyl sites for hydroxylation is 4. The Kier molecular flexibility index (Phi) is 22.7. The first kappa shape index (κ1) is 47.9. The molecule has 4 aromatic rings. The first-order valence-corrected chi connectivity index (χ1v) is 22.8. The molecule has 0 aliphatic rings. The van der Waals surface area contributed by atoms with Crippen LogP contribution in [0.3, 0.4) is 0 Å². The van der Waals surface area contributed by atoms with Gasteiger partial charge in [-0.3, -0.25) is 0 Å². The van der Waals surface area contributed by atoms with Crippen molar-refractivity contribution < 1.29 is 25.9 Å². The fraction of sp³-hybridized carbons (Fsp3) is 0.545. The fourth-order valence-corrected chi connectivity index (χ4v) is 8.06. The quantitative estimate of drug-likeness (QED) is 0.0441. The molecule has 53 heavy (non-hydrogen) atoms. The van der Waals surface area contributed by atoms with E-state index in [1.165, 1.54) is 62.5 Å². The molecular weight excluding hydrogens is 826 g/mol. The Morgan fingerprint density at radius 3 is 1.04 bits per heavy atom. The molecule has 4 aromatic carbocycles. The molecule has 0 bridgehead atoms. The Bertz CT molecular complexity index is 1770. The maximum atomic E-state index is 11.6. The van der Waals surface area contributed by atoms with E-state index in [0.29, 0.717) is 0 Å². The molecule has 0 radical (unpaired) electrons. The van der Waals surface area contributed by atoms with Gasteiger partial charge in [-0.15, -0.1) is 0 Å². The minimum Gasteiger partial charge on any atom is -0.744 e. The summed E-state index contributed by atoms with van der Waals surface area (Å²) in [6.07, 6.45) is 22.2. The normalized spacial score (nSPS) is 11.7. The first-order valence-electron chi connectivity index (χ1n) is 19.9. The summed E-state index contributed by atoms with van der Waals surface area (Å²) in [6, 6.07) is 18.9. The Labute approximate surface area is 361 Å². The predicted octanol–water partition coefficient (Wildman–Crippen LogP) is 11.6. The Morgan fingerprint density at radius 2 is 0.736 bits per heavy atom. The summed E-state index contributed by atoms with van der Waals surface area (Å²) in [7, 11) is -8.88. The number of hydrogen-bond acceptors (Lipinski definition) is 6. The zero-order valence-electron chi connectivity index (χ0n) is 32.9. The Balaban J connectivity index is 0.000000360. The number of rotatable bonds is 22. The zero-order valence-corrected chi connectivity index (χ0v) is 39.0. The van der Waals surface area contributed by atoms with Crippen LogP contribution < -0.4 is 0 Å². The molecule has 4 rings (SSSR count). The van der Waals surface area contributed by atoms with Crippen molar-refractivity contribution in [2.24, 2.45) is 0 Å². The second-order valence-corrected chi connectivity index (χ2v) is 17.2. The van der Waals surface area contributed by atoms with E-state index in [2.05, 4.69) is 64.1 Å². The average Bonchev–Trinajstić information content (AvgIpc) is 3.11. The van der Waals surface area contributed by atoms with Crippen LogP contribution in [0.25, 0.3) is 21.5 Å². The number of benzene rings is 4. The van der Waals surface area contributed by atoms with Crippen molar-refractivity contribution in [3.05, 3.63) is 82.9 Å². The molecule has 0 saturated carbocycles. The third-order valence-corrected chi connectivity index (χ3v) is 11.6. The van der Waals surface area contributed by atoms with Gasteiger partial charge in [-0.2, -0.15) is 0 Å². The van der Waals surface area contributed by atoms with Gasteiger partial charge in [0.1, 0.15) is 20.2 Å². The maximum Gasteiger partial charge on any atom is 2.00 e. The van der Waals surface area contributed by atoms with E-state index in [4.69, 9.17) is 0 Å². The molecule has 0 N–H and O–H groups in total. The third-order valence-electron chi connectivity index (χ3n) is 9.97. The Hall–Kier alpha value is -1.21. The van der Waals surface area contributed by atoms with Gasteiger partial charge < -0.3 is 9.11 Å². The molecule has 0 amide bonds. The Morgan fingerprint density at radius 1 is 0.415 bits per heavy atom. The molecule has 0 aromatic heterocycles. The van der Waals surface area contributed by atoms with Crippen LogP contribution in [0.4, 0.5) is 0 Å². The number of hydrogen-bond donors (Lipinski definition) is 0. The molecule has 0 atom stereocenters. The van der Waals surface area contributed by atoms with Gasteiger partial charge in [0.15, 0.2) is 0 Å². The van der Waals surface area contributed by atoms with E-state index >= 15 is 0 Å². The van der Waals surface area contributed by atoms with Gasteiger partial charge in [-0.05, 0) is 119 Å². The summed E-state index contributed by atoms with van der Waals surface area (Å²) in [5, 5.41) is 3.90. The van der Waals surface area contributed by atoms with Crippen molar-refractivity contribution in [2.45, 2.75) is 166 Å². The largest absolute Gasteiger partial charge is 2.00 e. The van der Waals surface area contributed by atoms with Gasteiger partial charge >= 0.3 is 48.9 Å². The van der Waals surface area contributed by atoms with Crippen LogP contribution in [-0.4, -0.2) is 74.8 Å². The van der Waals surface area contributed by atoms with Gasteiger partial charge in [0.05, 0.1) is 9.79 Å². The van der Waals surface area contributed by atoms with Crippen molar-refractivity contribution in [1.29, 1.82) is 0 Å². The molecule has 0 fully saturated rings. The summed E-state index contributed by atoms with van der Waals surface area (Å²) in [4.78, 5) is -0.197. The molecule has 9 heteroatoms. The van der Waals surface area contributed by atoms with E-state index < -0.39 is 20.2 Å². The van der Waals surface area contributed by atoms with Crippen molar-refractivity contribution >= 4 is 90.7 Å². The van der Waals surface area contributed by atoms with Crippen LogP contribution in [-0.2, 0) is 45.9 Å². The smallest absolute Gasteiger partial charge is 0.744 e. The van der Waals surface area contributed by atoms with Crippen molar-refractivity contribution in [3.63, 3.8) is 0 Å².